The molecule has 1 amide bonds. The number of nitrogens with zero attached hydrogens (tertiary/aromatic N) is 1. The maximum Gasteiger partial charge on any atom is 0.233 e. The molecule has 0 atom stereocenters. The van der Waals surface area contributed by atoms with Gasteiger partial charge in [0.2, 0.25) is 5.91 Å². The van der Waals surface area contributed by atoms with Crippen LogP contribution in [0.1, 0.15) is 18.4 Å². The summed E-state index contributed by atoms with van der Waals surface area (Å²) in [4.78, 5) is 14.4. The minimum absolute atomic E-state index is 0.194. The monoisotopic (exact) mass is 230 g/mol. The van der Waals surface area contributed by atoms with Crippen molar-refractivity contribution in [2.24, 2.45) is 11.7 Å². The quantitative estimate of drug-likeness (QED) is 0.846. The first-order valence-corrected chi connectivity index (χ1v) is 6.31. The molecule has 3 nitrogen and oxygen atoms in total. The Bertz CT molecular complexity index is 419. The number of carbonyl (C=O) groups is 1. The van der Waals surface area contributed by atoms with Crippen molar-refractivity contribution in [3.8, 4) is 0 Å². The van der Waals surface area contributed by atoms with Gasteiger partial charge in [0.25, 0.3) is 0 Å². The summed E-state index contributed by atoms with van der Waals surface area (Å²) >= 11 is 0. The first-order chi connectivity index (χ1) is 8.26. The molecule has 3 rings (SSSR count). The second-order valence-corrected chi connectivity index (χ2v) is 5.26. The predicted molar refractivity (Wildman–Crippen MR) is 66.5 cm³/mol. The van der Waals surface area contributed by atoms with Crippen LogP contribution in [0.15, 0.2) is 30.3 Å². The number of hydrogen-bond acceptors (Lipinski definition) is 2. The van der Waals surface area contributed by atoms with Gasteiger partial charge in [0.1, 0.15) is 0 Å². The molecule has 17 heavy (non-hydrogen) atoms. The topological polar surface area (TPSA) is 46.3 Å². The highest BCUT2D eigenvalue weighted by molar-refractivity contribution is 5.91. The Morgan fingerprint density at radius 1 is 1.29 bits per heavy atom. The van der Waals surface area contributed by atoms with Crippen LogP contribution in [0.4, 0.5) is 0 Å². The standard InChI is InChI=1S/C14H18N2O/c15-8-11-9-16(10-11)13(17)14(6-7-14)12-4-2-1-3-5-12/h1-5,11H,6-10,15H2. The van der Waals surface area contributed by atoms with Gasteiger partial charge in [-0.15, -0.1) is 0 Å². The zero-order valence-electron chi connectivity index (χ0n) is 9.93. The summed E-state index contributed by atoms with van der Waals surface area (Å²) in [5, 5.41) is 0. The fraction of sp³-hybridized carbons (Fsp3) is 0.500. The van der Waals surface area contributed by atoms with E-state index in [2.05, 4.69) is 12.1 Å². The van der Waals surface area contributed by atoms with Gasteiger partial charge in [0.15, 0.2) is 0 Å². The van der Waals surface area contributed by atoms with E-state index in [0.717, 1.165) is 25.9 Å². The van der Waals surface area contributed by atoms with Crippen molar-refractivity contribution in [1.29, 1.82) is 0 Å². The van der Waals surface area contributed by atoms with Gasteiger partial charge in [0, 0.05) is 19.0 Å². The number of carbonyl (C=O) groups excluding carboxylic acids is 1. The van der Waals surface area contributed by atoms with Crippen LogP contribution in [0, 0.1) is 5.92 Å². The number of rotatable bonds is 3. The van der Waals surface area contributed by atoms with Gasteiger partial charge in [-0.2, -0.15) is 0 Å². The van der Waals surface area contributed by atoms with Crippen LogP contribution in [0.2, 0.25) is 0 Å². The molecule has 90 valence electrons. The lowest BCUT2D eigenvalue weighted by atomic mass is 9.91. The van der Waals surface area contributed by atoms with E-state index >= 15 is 0 Å². The van der Waals surface area contributed by atoms with E-state index in [-0.39, 0.29) is 5.41 Å². The molecule has 2 N–H and O–H groups in total. The van der Waals surface area contributed by atoms with Crippen molar-refractivity contribution in [2.75, 3.05) is 19.6 Å². The van der Waals surface area contributed by atoms with Crippen LogP contribution < -0.4 is 5.73 Å². The molecule has 0 unspecified atom stereocenters. The number of hydrogen-bond donors (Lipinski definition) is 1. The van der Waals surface area contributed by atoms with Gasteiger partial charge in [-0.05, 0) is 24.9 Å². The van der Waals surface area contributed by atoms with Gasteiger partial charge in [-0.25, -0.2) is 0 Å². The maximum absolute atomic E-state index is 12.5. The van der Waals surface area contributed by atoms with Crippen LogP contribution in [-0.4, -0.2) is 30.4 Å². The summed E-state index contributed by atoms with van der Waals surface area (Å²) in [5.74, 6) is 0.832. The van der Waals surface area contributed by atoms with Gasteiger partial charge in [-0.1, -0.05) is 30.3 Å². The molecule has 0 bridgehead atoms. The van der Waals surface area contributed by atoms with Gasteiger partial charge < -0.3 is 10.6 Å². The second kappa shape index (κ2) is 3.84. The molecular weight excluding hydrogens is 212 g/mol. The van der Waals surface area contributed by atoms with Gasteiger partial charge >= 0.3 is 0 Å². The van der Waals surface area contributed by atoms with Crippen molar-refractivity contribution in [2.45, 2.75) is 18.3 Å². The van der Waals surface area contributed by atoms with E-state index in [1.807, 2.05) is 23.1 Å². The fourth-order valence-corrected chi connectivity index (χ4v) is 2.70. The van der Waals surface area contributed by atoms with E-state index in [9.17, 15) is 4.79 Å². The molecule has 1 aromatic carbocycles. The molecule has 2 aliphatic rings. The molecule has 2 fully saturated rings. The van der Waals surface area contributed by atoms with E-state index in [1.165, 1.54) is 5.56 Å². The molecule has 1 heterocycles. The van der Waals surface area contributed by atoms with Crippen LogP contribution in [0.5, 0.6) is 0 Å². The first kappa shape index (κ1) is 10.8. The average Bonchev–Trinajstić information content (AvgIpc) is 3.10. The third-order valence-electron chi connectivity index (χ3n) is 4.06. The second-order valence-electron chi connectivity index (χ2n) is 5.26. The maximum atomic E-state index is 12.5. The molecular formula is C14H18N2O. The number of benzene rings is 1. The van der Waals surface area contributed by atoms with Crippen LogP contribution in [0.25, 0.3) is 0 Å². The van der Waals surface area contributed by atoms with Crippen molar-refractivity contribution < 1.29 is 4.79 Å². The summed E-state index contributed by atoms with van der Waals surface area (Å²) < 4.78 is 0. The first-order valence-electron chi connectivity index (χ1n) is 6.31. The molecule has 0 spiro atoms. The zero-order chi connectivity index (χ0) is 11.9. The Morgan fingerprint density at radius 3 is 2.47 bits per heavy atom. The van der Waals surface area contributed by atoms with E-state index in [1.54, 1.807) is 0 Å². The molecule has 1 saturated heterocycles. The lowest BCUT2D eigenvalue weighted by Gasteiger charge is -2.40. The summed E-state index contributed by atoms with van der Waals surface area (Å²) in [6.45, 7) is 2.40. The van der Waals surface area contributed by atoms with Crippen molar-refractivity contribution in [3.05, 3.63) is 35.9 Å². The smallest absolute Gasteiger partial charge is 0.233 e. The summed E-state index contributed by atoms with van der Waals surface area (Å²) in [7, 11) is 0. The molecule has 1 aliphatic heterocycles. The van der Waals surface area contributed by atoms with Crippen molar-refractivity contribution >= 4 is 5.91 Å². The third kappa shape index (κ3) is 1.65. The van der Waals surface area contributed by atoms with Crippen molar-refractivity contribution in [1.82, 2.24) is 4.90 Å². The molecule has 3 heteroatoms. The van der Waals surface area contributed by atoms with Crippen LogP contribution >= 0.6 is 0 Å². The van der Waals surface area contributed by atoms with Crippen LogP contribution in [-0.2, 0) is 10.2 Å². The summed E-state index contributed by atoms with van der Waals surface area (Å²) in [5.41, 5.74) is 6.58. The largest absolute Gasteiger partial charge is 0.341 e. The Balaban J connectivity index is 1.74. The highest BCUT2D eigenvalue weighted by atomic mass is 16.2. The molecule has 1 saturated carbocycles. The van der Waals surface area contributed by atoms with Gasteiger partial charge in [0.05, 0.1) is 5.41 Å². The van der Waals surface area contributed by atoms with Gasteiger partial charge in [-0.3, -0.25) is 4.79 Å². The molecule has 1 aromatic rings. The lowest BCUT2D eigenvalue weighted by molar-refractivity contribution is -0.140. The van der Waals surface area contributed by atoms with Crippen LogP contribution in [0.3, 0.4) is 0 Å². The number of nitrogens with two attached hydrogens (primary N) is 1. The Labute approximate surface area is 102 Å². The fourth-order valence-electron chi connectivity index (χ4n) is 2.70. The minimum Gasteiger partial charge on any atom is -0.341 e. The Kier molecular flexibility index (Phi) is 2.44. The number of amides is 1. The predicted octanol–water partition coefficient (Wildman–Crippen LogP) is 1.14. The SMILES string of the molecule is NCC1CN(C(=O)C2(c3ccccc3)CC2)C1. The minimum atomic E-state index is -0.194. The molecule has 1 aliphatic carbocycles. The van der Waals surface area contributed by atoms with E-state index < -0.39 is 0 Å². The Hall–Kier alpha value is -1.35. The number of likely N-dealkylation sites (tertiary alicyclic amines) is 1. The third-order valence-corrected chi connectivity index (χ3v) is 4.06. The highest BCUT2D eigenvalue weighted by Crippen LogP contribution is 2.50. The summed E-state index contributed by atoms with van der Waals surface area (Å²) in [6, 6.07) is 10.2. The normalized spacial score (nSPS) is 22.1. The van der Waals surface area contributed by atoms with E-state index in [4.69, 9.17) is 5.73 Å². The molecule has 0 aromatic heterocycles. The summed E-state index contributed by atoms with van der Waals surface area (Å²) in [6.07, 6.45) is 2.00. The lowest BCUT2D eigenvalue weighted by Crippen LogP contribution is -2.55. The van der Waals surface area contributed by atoms with Crippen molar-refractivity contribution in [3.63, 3.8) is 0 Å². The zero-order valence-corrected chi connectivity index (χ0v) is 9.93. The molecule has 0 radical (unpaired) electrons. The van der Waals surface area contributed by atoms with E-state index in [0.29, 0.717) is 18.4 Å². The average molecular weight is 230 g/mol. The Morgan fingerprint density at radius 2 is 1.94 bits per heavy atom. The highest BCUT2D eigenvalue weighted by Gasteiger charge is 2.54.